The Labute approximate surface area is 142 Å². The Hall–Kier alpha value is -2.23. The van der Waals surface area contributed by atoms with Crippen molar-refractivity contribution in [2.24, 2.45) is 0 Å². The highest BCUT2D eigenvalue weighted by atomic mass is 16.5. The van der Waals surface area contributed by atoms with Crippen molar-refractivity contribution >= 4 is 0 Å². The first-order valence-corrected chi connectivity index (χ1v) is 8.48. The zero-order valence-corrected chi connectivity index (χ0v) is 14.2. The van der Waals surface area contributed by atoms with Gasteiger partial charge in [-0.15, -0.1) is 0 Å². The topological polar surface area (TPSA) is 77.8 Å². The molecule has 1 aromatic heterocycles. The first kappa shape index (κ1) is 16.6. The Bertz CT molecular complexity index is 703. The maximum atomic E-state index is 8.92. The molecule has 1 aliphatic heterocycles. The molecule has 3 rings (SSSR count). The highest BCUT2D eigenvalue weighted by molar-refractivity contribution is 5.32. The van der Waals surface area contributed by atoms with Crippen LogP contribution < -0.4 is 0 Å². The molecule has 0 bridgehead atoms. The molecule has 2 aromatic rings. The summed E-state index contributed by atoms with van der Waals surface area (Å²) in [6, 6.07) is 10.2. The lowest BCUT2D eigenvalue weighted by atomic mass is 10.0. The second kappa shape index (κ2) is 7.56. The molecular formula is C18H23N5O. The van der Waals surface area contributed by atoms with Gasteiger partial charge in [-0.2, -0.15) is 10.4 Å². The van der Waals surface area contributed by atoms with Gasteiger partial charge in [0, 0.05) is 25.6 Å². The molecule has 0 aliphatic carbocycles. The van der Waals surface area contributed by atoms with Gasteiger partial charge < -0.3 is 4.74 Å². The van der Waals surface area contributed by atoms with Crippen LogP contribution >= 0.6 is 0 Å². The number of morpholine rings is 1. The summed E-state index contributed by atoms with van der Waals surface area (Å²) < 4.78 is 5.88. The van der Waals surface area contributed by atoms with Gasteiger partial charge in [0.15, 0.2) is 5.82 Å². The molecule has 0 spiro atoms. The van der Waals surface area contributed by atoms with Gasteiger partial charge in [0.2, 0.25) is 0 Å². The number of nitrogens with one attached hydrogen (secondary N) is 1. The number of H-pyrrole nitrogens is 1. The highest BCUT2D eigenvalue weighted by Gasteiger charge is 2.28. The van der Waals surface area contributed by atoms with Gasteiger partial charge in [0.1, 0.15) is 11.9 Å². The Morgan fingerprint density at radius 3 is 2.92 bits per heavy atom. The summed E-state index contributed by atoms with van der Waals surface area (Å²) in [6.07, 6.45) is 1.86. The first-order valence-electron chi connectivity index (χ1n) is 8.48. The molecule has 1 N–H and O–H groups in total. The molecule has 0 unspecified atom stereocenters. The van der Waals surface area contributed by atoms with Gasteiger partial charge in [-0.1, -0.05) is 19.1 Å². The molecule has 1 fully saturated rings. The van der Waals surface area contributed by atoms with Crippen LogP contribution in [-0.4, -0.2) is 39.8 Å². The molecule has 6 nitrogen and oxygen atoms in total. The summed E-state index contributed by atoms with van der Waals surface area (Å²) in [5.41, 5.74) is 1.89. The van der Waals surface area contributed by atoms with Crippen molar-refractivity contribution in [3.05, 3.63) is 47.0 Å². The van der Waals surface area contributed by atoms with Crippen LogP contribution in [0.25, 0.3) is 0 Å². The minimum atomic E-state index is -0.0959. The van der Waals surface area contributed by atoms with E-state index in [0.29, 0.717) is 12.2 Å². The molecule has 0 amide bonds. The average Bonchev–Trinajstić information content (AvgIpc) is 3.10. The second-order valence-electron chi connectivity index (χ2n) is 6.15. The number of aryl methyl sites for hydroxylation is 1. The molecule has 1 aromatic carbocycles. The van der Waals surface area contributed by atoms with Crippen LogP contribution in [0.3, 0.4) is 0 Å². The van der Waals surface area contributed by atoms with Crippen LogP contribution in [0.15, 0.2) is 24.3 Å². The van der Waals surface area contributed by atoms with Crippen molar-refractivity contribution in [2.45, 2.75) is 38.8 Å². The number of rotatable bonds is 5. The number of hydrogen-bond acceptors (Lipinski definition) is 5. The number of aromatic amines is 1. The minimum absolute atomic E-state index is 0.0959. The van der Waals surface area contributed by atoms with Crippen LogP contribution in [0, 0.1) is 11.3 Å². The van der Waals surface area contributed by atoms with Gasteiger partial charge in [-0.05, 0) is 31.0 Å². The third-order valence-electron chi connectivity index (χ3n) is 4.49. The van der Waals surface area contributed by atoms with E-state index < -0.39 is 0 Å². The van der Waals surface area contributed by atoms with Gasteiger partial charge in [-0.3, -0.25) is 10.00 Å². The smallest absolute Gasteiger partial charge is 0.180 e. The van der Waals surface area contributed by atoms with Crippen molar-refractivity contribution < 1.29 is 4.74 Å². The van der Waals surface area contributed by atoms with Crippen molar-refractivity contribution in [1.82, 2.24) is 20.1 Å². The lowest BCUT2D eigenvalue weighted by Crippen LogP contribution is -2.40. The average molecular weight is 325 g/mol. The van der Waals surface area contributed by atoms with E-state index in [1.807, 2.05) is 24.3 Å². The van der Waals surface area contributed by atoms with Crippen LogP contribution in [0.2, 0.25) is 0 Å². The van der Waals surface area contributed by atoms with Gasteiger partial charge in [-0.25, -0.2) is 4.98 Å². The molecule has 1 saturated heterocycles. The predicted octanol–water partition coefficient (Wildman–Crippen LogP) is 2.76. The Morgan fingerprint density at radius 1 is 1.42 bits per heavy atom. The molecule has 126 valence electrons. The van der Waals surface area contributed by atoms with Gasteiger partial charge >= 0.3 is 0 Å². The van der Waals surface area contributed by atoms with Crippen molar-refractivity contribution in [3.63, 3.8) is 0 Å². The number of hydrogen-bond donors (Lipinski definition) is 1. The Morgan fingerprint density at radius 2 is 2.21 bits per heavy atom. The predicted molar refractivity (Wildman–Crippen MR) is 90.2 cm³/mol. The van der Waals surface area contributed by atoms with Crippen LogP contribution in [-0.2, 0) is 11.2 Å². The maximum Gasteiger partial charge on any atom is 0.180 e. The van der Waals surface area contributed by atoms with E-state index in [2.05, 4.69) is 40.0 Å². The molecule has 6 heteroatoms. The summed E-state index contributed by atoms with van der Waals surface area (Å²) in [6.45, 7) is 6.63. The van der Waals surface area contributed by atoms with E-state index in [4.69, 9.17) is 10.00 Å². The number of nitriles is 1. The summed E-state index contributed by atoms with van der Waals surface area (Å²) >= 11 is 0. The van der Waals surface area contributed by atoms with Crippen LogP contribution in [0.1, 0.15) is 55.2 Å². The van der Waals surface area contributed by atoms with E-state index in [9.17, 15) is 0 Å². The second-order valence-corrected chi connectivity index (χ2v) is 6.15. The first-order chi connectivity index (χ1) is 11.7. The van der Waals surface area contributed by atoms with E-state index in [-0.39, 0.29) is 12.1 Å². The number of benzene rings is 1. The van der Waals surface area contributed by atoms with Crippen LogP contribution in [0.4, 0.5) is 0 Å². The van der Waals surface area contributed by atoms with Gasteiger partial charge in [0.25, 0.3) is 0 Å². The Balaban J connectivity index is 1.68. The van der Waals surface area contributed by atoms with E-state index in [0.717, 1.165) is 37.6 Å². The maximum absolute atomic E-state index is 8.92. The van der Waals surface area contributed by atoms with Crippen molar-refractivity contribution in [2.75, 3.05) is 19.7 Å². The summed E-state index contributed by atoms with van der Waals surface area (Å²) in [5, 5.41) is 16.2. The van der Waals surface area contributed by atoms with Crippen molar-refractivity contribution in [1.29, 1.82) is 5.26 Å². The third kappa shape index (κ3) is 3.64. The highest BCUT2D eigenvalue weighted by Crippen LogP contribution is 2.27. The molecule has 2 heterocycles. The zero-order valence-electron chi connectivity index (χ0n) is 14.2. The quantitative estimate of drug-likeness (QED) is 0.914. The zero-order chi connectivity index (χ0) is 16.9. The van der Waals surface area contributed by atoms with Crippen LogP contribution in [0.5, 0.6) is 0 Å². The third-order valence-corrected chi connectivity index (χ3v) is 4.49. The minimum Gasteiger partial charge on any atom is -0.367 e. The monoisotopic (exact) mass is 325 g/mol. The number of aromatic nitrogens is 3. The molecule has 0 radical (unpaired) electrons. The molecule has 2 atom stereocenters. The largest absolute Gasteiger partial charge is 0.367 e. The number of ether oxygens (including phenoxy) is 1. The fraction of sp³-hybridized carbons (Fsp3) is 0.500. The standard InChI is InChI=1S/C18H23N5O/c1-3-4-17-20-18(22-21-17)16-12-23(9-10-24-16)13(2)15-7-5-14(11-19)6-8-15/h5-8,13,16H,3-4,9-10,12H2,1-2H3,(H,20,21,22)/t13-,16+/m0/s1. The molecular weight excluding hydrogens is 302 g/mol. The fourth-order valence-electron chi connectivity index (χ4n) is 3.03. The van der Waals surface area contributed by atoms with E-state index in [1.165, 1.54) is 5.56 Å². The molecule has 0 saturated carbocycles. The lowest BCUT2D eigenvalue weighted by Gasteiger charge is -2.36. The van der Waals surface area contributed by atoms with E-state index in [1.54, 1.807) is 0 Å². The normalized spacial score (nSPS) is 19.8. The summed E-state index contributed by atoms with van der Waals surface area (Å²) in [4.78, 5) is 6.94. The molecule has 1 aliphatic rings. The number of nitrogens with zero attached hydrogens (tertiary/aromatic N) is 4. The Kier molecular flexibility index (Phi) is 5.24. The lowest BCUT2D eigenvalue weighted by molar-refractivity contribution is -0.0470. The molecule has 24 heavy (non-hydrogen) atoms. The fourth-order valence-corrected chi connectivity index (χ4v) is 3.03. The van der Waals surface area contributed by atoms with E-state index >= 15 is 0 Å². The summed E-state index contributed by atoms with van der Waals surface area (Å²) in [7, 11) is 0. The van der Waals surface area contributed by atoms with Crippen molar-refractivity contribution in [3.8, 4) is 6.07 Å². The SMILES string of the molecule is CCCc1nc([C@H]2CN([C@@H](C)c3ccc(C#N)cc3)CCO2)n[nH]1. The van der Waals surface area contributed by atoms with Gasteiger partial charge in [0.05, 0.1) is 18.2 Å². The summed E-state index contributed by atoms with van der Waals surface area (Å²) in [5.74, 6) is 1.67.